The monoisotopic (exact) mass is 525 g/mol. The Labute approximate surface area is 211 Å². The Hall–Kier alpha value is -3.67. The topological polar surface area (TPSA) is 96.8 Å². The van der Waals surface area contributed by atoms with Gasteiger partial charge in [-0.15, -0.1) is 16.4 Å². The van der Waals surface area contributed by atoms with Crippen LogP contribution in [0.2, 0.25) is 5.15 Å². The van der Waals surface area contributed by atoms with E-state index < -0.39 is 0 Å². The van der Waals surface area contributed by atoms with Crippen molar-refractivity contribution in [2.75, 3.05) is 14.2 Å². The molecule has 12 heteroatoms. The number of ether oxygens (including phenoxy) is 3. The highest BCUT2D eigenvalue weighted by molar-refractivity contribution is 7.18. The minimum absolute atomic E-state index is 0.282. The number of thiazole rings is 1. The molecule has 5 aromatic heterocycles. The number of benzene rings is 1. The highest BCUT2D eigenvalue weighted by Crippen LogP contribution is 2.37. The van der Waals surface area contributed by atoms with Crippen LogP contribution >= 0.6 is 34.3 Å². The van der Waals surface area contributed by atoms with Crippen LogP contribution in [-0.4, -0.2) is 38.8 Å². The summed E-state index contributed by atoms with van der Waals surface area (Å²) in [5.74, 6) is 1.84. The van der Waals surface area contributed by atoms with Crippen molar-refractivity contribution in [3.63, 3.8) is 0 Å². The summed E-state index contributed by atoms with van der Waals surface area (Å²) in [5.41, 5.74) is 2.99. The fraction of sp³-hybridized carbons (Fsp3) is 0.130. The second-order valence-electron chi connectivity index (χ2n) is 7.38. The molecule has 0 aliphatic carbocycles. The minimum Gasteiger partial charge on any atom is -0.496 e. The number of fused-ring (bicyclic) bond motifs is 2. The maximum Gasteiger partial charge on any atom is 0.294 e. The Morgan fingerprint density at radius 3 is 2.80 bits per heavy atom. The lowest BCUT2D eigenvalue weighted by atomic mass is 10.2. The molecule has 1 aromatic carbocycles. The van der Waals surface area contributed by atoms with E-state index in [2.05, 4.69) is 20.1 Å². The van der Waals surface area contributed by atoms with E-state index in [1.54, 1.807) is 37.2 Å². The summed E-state index contributed by atoms with van der Waals surface area (Å²) in [7, 11) is 3.18. The summed E-state index contributed by atoms with van der Waals surface area (Å²) in [5, 5.41) is 8.92. The van der Waals surface area contributed by atoms with Gasteiger partial charge in [-0.3, -0.25) is 0 Å². The molecule has 9 nitrogen and oxygen atoms in total. The molecule has 176 valence electrons. The van der Waals surface area contributed by atoms with Gasteiger partial charge in [0.2, 0.25) is 4.96 Å². The molecule has 5 heterocycles. The van der Waals surface area contributed by atoms with Crippen LogP contribution in [0.1, 0.15) is 5.69 Å². The van der Waals surface area contributed by atoms with Gasteiger partial charge in [0, 0.05) is 29.3 Å². The smallest absolute Gasteiger partial charge is 0.294 e. The van der Waals surface area contributed by atoms with Crippen LogP contribution in [0, 0.1) is 0 Å². The number of hydrogen-bond acceptors (Lipinski definition) is 10. The van der Waals surface area contributed by atoms with E-state index in [-0.39, 0.29) is 6.61 Å². The minimum atomic E-state index is 0.282. The lowest BCUT2D eigenvalue weighted by Gasteiger charge is -2.07. The molecule has 6 rings (SSSR count). The third kappa shape index (κ3) is 4.18. The summed E-state index contributed by atoms with van der Waals surface area (Å²) >= 11 is 8.75. The molecule has 6 aromatic rings. The molecule has 0 bridgehead atoms. The second kappa shape index (κ2) is 8.84. The van der Waals surface area contributed by atoms with Gasteiger partial charge in [-0.25, -0.2) is 19.5 Å². The number of rotatable bonds is 7. The van der Waals surface area contributed by atoms with Crippen molar-refractivity contribution >= 4 is 50.2 Å². The predicted octanol–water partition coefficient (Wildman–Crippen LogP) is 5.97. The molecule has 0 spiro atoms. The van der Waals surface area contributed by atoms with Crippen molar-refractivity contribution in [3.05, 3.63) is 59.0 Å². The van der Waals surface area contributed by atoms with Crippen molar-refractivity contribution in [2.24, 2.45) is 0 Å². The number of nitrogens with zero attached hydrogens (tertiary/aromatic N) is 5. The summed E-state index contributed by atoms with van der Waals surface area (Å²) in [4.78, 5) is 14.1. The largest absolute Gasteiger partial charge is 0.496 e. The lowest BCUT2D eigenvalue weighted by Crippen LogP contribution is -1.97. The maximum atomic E-state index is 6.15. The highest BCUT2D eigenvalue weighted by atomic mass is 35.5. The van der Waals surface area contributed by atoms with Crippen molar-refractivity contribution in [3.8, 4) is 38.7 Å². The Morgan fingerprint density at radius 2 is 2.03 bits per heavy atom. The molecule has 0 saturated carbocycles. The Balaban J connectivity index is 1.28. The van der Waals surface area contributed by atoms with Gasteiger partial charge in [-0.2, -0.15) is 0 Å². The first-order chi connectivity index (χ1) is 17.1. The Bertz CT molecular complexity index is 1620. The Kier molecular flexibility index (Phi) is 5.51. The molecule has 0 amide bonds. The molecule has 35 heavy (non-hydrogen) atoms. The summed E-state index contributed by atoms with van der Waals surface area (Å²) < 4.78 is 24.5. The first kappa shape index (κ1) is 21.8. The number of imidazole rings is 1. The van der Waals surface area contributed by atoms with Crippen LogP contribution in [0.5, 0.6) is 16.7 Å². The van der Waals surface area contributed by atoms with Gasteiger partial charge < -0.3 is 18.6 Å². The van der Waals surface area contributed by atoms with Crippen LogP contribution < -0.4 is 14.2 Å². The van der Waals surface area contributed by atoms with Gasteiger partial charge in [0.25, 0.3) is 5.19 Å². The zero-order chi connectivity index (χ0) is 23.9. The van der Waals surface area contributed by atoms with Crippen LogP contribution in [0.15, 0.2) is 52.5 Å². The SMILES string of the molecule is COc1cc(OCc2csc(-c3ccc(Cl)nc3)n2)c2cc(-c3cn4nc(OC)sc4n3)oc2c1. The van der Waals surface area contributed by atoms with Crippen molar-refractivity contribution in [1.29, 1.82) is 0 Å². The number of hydrogen-bond donors (Lipinski definition) is 0. The average Bonchev–Trinajstić information content (AvgIpc) is 3.65. The van der Waals surface area contributed by atoms with Crippen LogP contribution in [0.4, 0.5) is 0 Å². The normalized spacial score (nSPS) is 11.4. The number of halogens is 1. The van der Waals surface area contributed by atoms with Crippen molar-refractivity contribution in [2.45, 2.75) is 6.61 Å². The highest BCUT2D eigenvalue weighted by Gasteiger charge is 2.17. The Morgan fingerprint density at radius 1 is 1.11 bits per heavy atom. The van der Waals surface area contributed by atoms with Crippen molar-refractivity contribution < 1.29 is 18.6 Å². The lowest BCUT2D eigenvalue weighted by molar-refractivity contribution is 0.303. The van der Waals surface area contributed by atoms with Gasteiger partial charge in [-0.05, 0) is 29.5 Å². The fourth-order valence-corrected chi connectivity index (χ4v) is 5.10. The summed E-state index contributed by atoms with van der Waals surface area (Å²) in [6.07, 6.45) is 3.50. The molecule has 0 unspecified atom stereocenters. The zero-order valence-corrected chi connectivity index (χ0v) is 20.8. The number of furan rings is 1. The van der Waals surface area contributed by atoms with Crippen LogP contribution in [0.3, 0.4) is 0 Å². The summed E-state index contributed by atoms with van der Waals surface area (Å²) in [6.45, 7) is 0.282. The van der Waals surface area contributed by atoms with E-state index in [1.165, 1.54) is 22.7 Å². The van der Waals surface area contributed by atoms with E-state index in [0.29, 0.717) is 43.8 Å². The maximum absolute atomic E-state index is 6.15. The average molecular weight is 526 g/mol. The standard InChI is InChI=1S/C23H16ClN5O4S2/c1-30-14-5-17(32-10-13-11-34-21(26-13)12-3-4-20(24)25-8-12)15-7-19(33-18(15)6-14)16-9-29-22(27-16)35-23(28-29)31-2/h3-9,11H,10H2,1-2H3. The van der Waals surface area contributed by atoms with E-state index in [4.69, 9.17) is 30.2 Å². The predicted molar refractivity (Wildman–Crippen MR) is 134 cm³/mol. The van der Waals surface area contributed by atoms with Gasteiger partial charge in [-0.1, -0.05) is 11.6 Å². The molecular formula is C23H16ClN5O4S2. The number of aromatic nitrogens is 5. The first-order valence-corrected chi connectivity index (χ1v) is 12.4. The van der Waals surface area contributed by atoms with Crippen LogP contribution in [0.25, 0.3) is 38.0 Å². The molecule has 0 N–H and O–H groups in total. The van der Waals surface area contributed by atoms with Crippen molar-refractivity contribution in [1.82, 2.24) is 24.6 Å². The molecular weight excluding hydrogens is 510 g/mol. The van der Waals surface area contributed by atoms with E-state index >= 15 is 0 Å². The fourth-order valence-electron chi connectivity index (χ4n) is 3.49. The van der Waals surface area contributed by atoms with Gasteiger partial charge in [0.1, 0.15) is 39.5 Å². The van der Waals surface area contributed by atoms with Gasteiger partial charge in [0.05, 0.1) is 31.5 Å². The first-order valence-electron chi connectivity index (χ1n) is 10.3. The van der Waals surface area contributed by atoms with E-state index in [1.807, 2.05) is 29.6 Å². The zero-order valence-electron chi connectivity index (χ0n) is 18.4. The van der Waals surface area contributed by atoms with Gasteiger partial charge >= 0.3 is 0 Å². The molecule has 0 fully saturated rings. The molecule has 0 aliphatic rings. The molecule has 0 atom stereocenters. The molecule has 0 aliphatic heterocycles. The third-order valence-corrected chi connectivity index (χ3v) is 7.21. The molecule has 0 saturated heterocycles. The molecule has 0 radical (unpaired) electrons. The van der Waals surface area contributed by atoms with E-state index in [0.717, 1.165) is 21.7 Å². The van der Waals surface area contributed by atoms with E-state index in [9.17, 15) is 0 Å². The quantitative estimate of drug-likeness (QED) is 0.235. The number of methoxy groups -OCH3 is 2. The van der Waals surface area contributed by atoms with Crippen LogP contribution in [-0.2, 0) is 6.61 Å². The van der Waals surface area contributed by atoms with Gasteiger partial charge in [0.15, 0.2) is 5.76 Å². The summed E-state index contributed by atoms with van der Waals surface area (Å²) in [6, 6.07) is 9.19. The number of pyridine rings is 1. The second-order valence-corrected chi connectivity index (χ2v) is 9.54. The third-order valence-electron chi connectivity index (χ3n) is 5.16.